The molecule has 2 rings (SSSR count). The zero-order chi connectivity index (χ0) is 13.1. The molecule has 5 heteroatoms. The summed E-state index contributed by atoms with van der Waals surface area (Å²) in [5.41, 5.74) is 8.94. The third kappa shape index (κ3) is 3.02. The van der Waals surface area contributed by atoms with Gasteiger partial charge in [-0.3, -0.25) is 4.98 Å². The van der Waals surface area contributed by atoms with Crippen molar-refractivity contribution in [3.8, 4) is 0 Å². The Balaban J connectivity index is 2.22. The Bertz CT molecular complexity index is 539. The van der Waals surface area contributed by atoms with E-state index in [9.17, 15) is 0 Å². The normalized spacial score (nSPS) is 10.7. The van der Waals surface area contributed by atoms with Gasteiger partial charge in [0, 0.05) is 41.6 Å². The third-order valence-electron chi connectivity index (χ3n) is 2.75. The zero-order valence-electron chi connectivity index (χ0n) is 10.5. The maximum atomic E-state index is 5.94. The molecule has 2 aromatic heterocycles. The molecule has 3 nitrogen and oxygen atoms in total. The minimum Gasteiger partial charge on any atom is -0.369 e. The first-order valence-electron chi connectivity index (χ1n) is 5.71. The van der Waals surface area contributed by atoms with Gasteiger partial charge in [0.15, 0.2) is 0 Å². The Morgan fingerprint density at radius 3 is 2.83 bits per heavy atom. The summed E-state index contributed by atoms with van der Waals surface area (Å²) in [5.74, 6) is 0. The summed E-state index contributed by atoms with van der Waals surface area (Å²) in [5, 5.41) is 0. The van der Waals surface area contributed by atoms with Gasteiger partial charge >= 0.3 is 0 Å². The van der Waals surface area contributed by atoms with Crippen LogP contribution < -0.4 is 10.6 Å². The van der Waals surface area contributed by atoms with Crippen LogP contribution in [0.25, 0.3) is 0 Å². The van der Waals surface area contributed by atoms with Crippen LogP contribution in [0.2, 0.25) is 4.34 Å². The fourth-order valence-corrected chi connectivity index (χ4v) is 2.98. The second-order valence-corrected chi connectivity index (χ2v) is 6.02. The maximum Gasteiger partial charge on any atom is 0.0931 e. The quantitative estimate of drug-likeness (QED) is 0.936. The van der Waals surface area contributed by atoms with Crippen LogP contribution in [-0.2, 0) is 13.1 Å². The topological polar surface area (TPSA) is 42.1 Å². The fraction of sp³-hybridized carbons (Fsp3) is 0.308. The number of hydrogen-bond acceptors (Lipinski definition) is 4. The molecule has 0 spiro atoms. The first-order valence-corrected chi connectivity index (χ1v) is 6.90. The molecule has 2 N–H and O–H groups in total. The van der Waals surface area contributed by atoms with Crippen LogP contribution >= 0.6 is 22.9 Å². The first kappa shape index (κ1) is 13.3. The van der Waals surface area contributed by atoms with Gasteiger partial charge in [0.1, 0.15) is 0 Å². The van der Waals surface area contributed by atoms with Crippen LogP contribution in [-0.4, -0.2) is 12.0 Å². The predicted octanol–water partition coefficient (Wildman–Crippen LogP) is 3.20. The summed E-state index contributed by atoms with van der Waals surface area (Å²) in [6, 6.07) is 6.05. The number of aryl methyl sites for hydroxylation is 1. The number of rotatable bonds is 4. The van der Waals surface area contributed by atoms with Crippen molar-refractivity contribution in [3.05, 3.63) is 44.9 Å². The Kier molecular flexibility index (Phi) is 4.22. The molecule has 0 saturated heterocycles. The molecule has 2 heterocycles. The van der Waals surface area contributed by atoms with Crippen molar-refractivity contribution in [2.24, 2.45) is 5.73 Å². The highest BCUT2D eigenvalue weighted by molar-refractivity contribution is 7.16. The number of nitrogens with two attached hydrogens (primary N) is 1. The molecule has 0 amide bonds. The molecule has 96 valence electrons. The molecule has 0 aliphatic heterocycles. The van der Waals surface area contributed by atoms with Gasteiger partial charge in [-0.1, -0.05) is 11.6 Å². The number of pyridine rings is 1. The van der Waals surface area contributed by atoms with Gasteiger partial charge in [-0.2, -0.15) is 0 Å². The largest absolute Gasteiger partial charge is 0.369 e. The third-order valence-corrected chi connectivity index (χ3v) is 3.97. The van der Waals surface area contributed by atoms with E-state index in [2.05, 4.69) is 29.1 Å². The van der Waals surface area contributed by atoms with Gasteiger partial charge in [0.05, 0.1) is 10.9 Å². The monoisotopic (exact) mass is 281 g/mol. The summed E-state index contributed by atoms with van der Waals surface area (Å²) in [7, 11) is 2.06. The molecular formula is C13H16ClN3S. The van der Waals surface area contributed by atoms with E-state index in [1.165, 1.54) is 4.88 Å². The lowest BCUT2D eigenvalue weighted by molar-refractivity contribution is 0.907. The summed E-state index contributed by atoms with van der Waals surface area (Å²) in [4.78, 5) is 7.69. The lowest BCUT2D eigenvalue weighted by Crippen LogP contribution is -2.18. The minimum atomic E-state index is 0.498. The summed E-state index contributed by atoms with van der Waals surface area (Å²) < 4.78 is 0.823. The lowest BCUT2D eigenvalue weighted by atomic mass is 10.2. The molecule has 0 radical (unpaired) electrons. The van der Waals surface area contributed by atoms with Crippen molar-refractivity contribution in [2.75, 3.05) is 11.9 Å². The Morgan fingerprint density at radius 2 is 2.22 bits per heavy atom. The molecule has 0 aliphatic rings. The number of aromatic nitrogens is 1. The van der Waals surface area contributed by atoms with Crippen molar-refractivity contribution in [1.82, 2.24) is 4.98 Å². The molecule has 0 bridgehead atoms. The summed E-state index contributed by atoms with van der Waals surface area (Å²) in [6.07, 6.45) is 1.85. The van der Waals surface area contributed by atoms with E-state index in [-0.39, 0.29) is 0 Å². The molecule has 0 unspecified atom stereocenters. The zero-order valence-corrected chi connectivity index (χ0v) is 12.1. The Morgan fingerprint density at radius 1 is 1.44 bits per heavy atom. The molecule has 0 aromatic carbocycles. The van der Waals surface area contributed by atoms with Gasteiger partial charge in [0.25, 0.3) is 0 Å². The van der Waals surface area contributed by atoms with Gasteiger partial charge < -0.3 is 10.6 Å². The Hall–Kier alpha value is -1.10. The summed E-state index contributed by atoms with van der Waals surface area (Å²) in [6.45, 7) is 3.31. The highest BCUT2D eigenvalue weighted by atomic mass is 35.5. The van der Waals surface area contributed by atoms with Crippen LogP contribution in [0, 0.1) is 6.92 Å². The smallest absolute Gasteiger partial charge is 0.0931 e. The van der Waals surface area contributed by atoms with Crippen molar-refractivity contribution < 1.29 is 0 Å². The molecule has 0 saturated carbocycles. The second kappa shape index (κ2) is 5.69. The molecule has 18 heavy (non-hydrogen) atoms. The van der Waals surface area contributed by atoms with Crippen molar-refractivity contribution in [3.63, 3.8) is 0 Å². The minimum absolute atomic E-state index is 0.498. The van der Waals surface area contributed by atoms with E-state index < -0.39 is 0 Å². The molecule has 2 aromatic rings. The highest BCUT2D eigenvalue weighted by Gasteiger charge is 2.09. The van der Waals surface area contributed by atoms with Crippen LogP contribution in [0.3, 0.4) is 0 Å². The number of halogens is 1. The second-order valence-electron chi connectivity index (χ2n) is 4.22. The summed E-state index contributed by atoms with van der Waals surface area (Å²) >= 11 is 7.55. The van der Waals surface area contributed by atoms with Gasteiger partial charge in [-0.15, -0.1) is 11.3 Å². The molecule has 0 atom stereocenters. The van der Waals surface area contributed by atoms with Crippen LogP contribution in [0.1, 0.15) is 16.1 Å². The van der Waals surface area contributed by atoms with E-state index in [0.29, 0.717) is 6.54 Å². The SMILES string of the molecule is Cc1cc(N(C)Cc2ccc(Cl)s2)c(CN)cn1. The highest BCUT2D eigenvalue weighted by Crippen LogP contribution is 2.26. The van der Waals surface area contributed by atoms with Crippen LogP contribution in [0.4, 0.5) is 5.69 Å². The van der Waals surface area contributed by atoms with E-state index in [0.717, 1.165) is 27.8 Å². The Labute approximate surface area is 116 Å². The van der Waals surface area contributed by atoms with Crippen molar-refractivity contribution >= 4 is 28.6 Å². The van der Waals surface area contributed by atoms with E-state index in [1.54, 1.807) is 11.3 Å². The van der Waals surface area contributed by atoms with Crippen molar-refractivity contribution in [2.45, 2.75) is 20.0 Å². The van der Waals surface area contributed by atoms with Gasteiger partial charge in [-0.25, -0.2) is 0 Å². The number of nitrogens with zero attached hydrogens (tertiary/aromatic N) is 2. The fourth-order valence-electron chi connectivity index (χ4n) is 1.84. The molecule has 0 fully saturated rings. The first-order chi connectivity index (χ1) is 8.60. The average Bonchev–Trinajstić information content (AvgIpc) is 2.74. The lowest BCUT2D eigenvalue weighted by Gasteiger charge is -2.21. The van der Waals surface area contributed by atoms with Crippen LogP contribution in [0.15, 0.2) is 24.4 Å². The van der Waals surface area contributed by atoms with E-state index in [4.69, 9.17) is 17.3 Å². The average molecular weight is 282 g/mol. The molecular weight excluding hydrogens is 266 g/mol. The van der Waals surface area contributed by atoms with Gasteiger partial charge in [0.2, 0.25) is 0 Å². The number of hydrogen-bond donors (Lipinski definition) is 1. The predicted molar refractivity (Wildman–Crippen MR) is 78.3 cm³/mol. The van der Waals surface area contributed by atoms with Crippen LogP contribution in [0.5, 0.6) is 0 Å². The molecule has 0 aliphatic carbocycles. The standard InChI is InChI=1S/C13H16ClN3S/c1-9-5-12(10(6-15)7-16-9)17(2)8-11-3-4-13(14)18-11/h3-5,7H,6,8,15H2,1-2H3. The van der Waals surface area contributed by atoms with E-state index in [1.807, 2.05) is 19.2 Å². The van der Waals surface area contributed by atoms with E-state index >= 15 is 0 Å². The maximum absolute atomic E-state index is 5.94. The number of anilines is 1. The number of thiophene rings is 1. The van der Waals surface area contributed by atoms with Crippen molar-refractivity contribution in [1.29, 1.82) is 0 Å². The van der Waals surface area contributed by atoms with Gasteiger partial charge in [-0.05, 0) is 25.1 Å².